The molecule has 0 saturated heterocycles. The molecule has 3 rings (SSSR count). The Labute approximate surface area is 159 Å². The highest BCUT2D eigenvalue weighted by Gasteiger charge is 2.36. The van der Waals surface area contributed by atoms with Crippen molar-refractivity contribution in [2.75, 3.05) is 11.8 Å². The Morgan fingerprint density at radius 1 is 0.929 bits per heavy atom. The smallest absolute Gasteiger partial charge is 0.417 e. The molecule has 1 N–H and O–H groups in total. The predicted molar refractivity (Wildman–Crippen MR) is 96.3 cm³/mol. The van der Waals surface area contributed by atoms with E-state index < -0.39 is 26.7 Å². The van der Waals surface area contributed by atoms with Crippen molar-refractivity contribution in [1.82, 2.24) is 10.2 Å². The average molecular weight is 409 g/mol. The fourth-order valence-corrected chi connectivity index (χ4v) is 3.72. The summed E-state index contributed by atoms with van der Waals surface area (Å²) < 4.78 is 71.3. The number of hydrogen-bond acceptors (Lipinski definition) is 5. The van der Waals surface area contributed by atoms with E-state index in [-0.39, 0.29) is 5.69 Å². The summed E-state index contributed by atoms with van der Waals surface area (Å²) in [5.41, 5.74) is 0.0567. The Morgan fingerprint density at radius 3 is 2.18 bits per heavy atom. The van der Waals surface area contributed by atoms with Gasteiger partial charge in [-0.2, -0.15) is 13.2 Å². The Kier molecular flexibility index (Phi) is 5.23. The van der Waals surface area contributed by atoms with Crippen LogP contribution in [0.3, 0.4) is 0 Å². The van der Waals surface area contributed by atoms with Gasteiger partial charge in [0.05, 0.1) is 23.3 Å². The van der Waals surface area contributed by atoms with Crippen LogP contribution in [0, 0.1) is 0 Å². The summed E-state index contributed by atoms with van der Waals surface area (Å²) in [5.74, 6) is 0.344. The number of alkyl halides is 3. The van der Waals surface area contributed by atoms with Gasteiger partial charge in [0.2, 0.25) is 5.88 Å². The lowest BCUT2D eigenvalue weighted by atomic mass is 10.1. The minimum absolute atomic E-state index is 0.113. The number of nitrogens with one attached hydrogen (secondary N) is 1. The maximum Gasteiger partial charge on any atom is 0.417 e. The topological polar surface area (TPSA) is 81.2 Å². The Balaban J connectivity index is 1.86. The number of ether oxygens (including phenoxy) is 1. The summed E-state index contributed by atoms with van der Waals surface area (Å²) in [6.45, 7) is 0. The largest absolute Gasteiger partial charge is 0.480 e. The van der Waals surface area contributed by atoms with Crippen molar-refractivity contribution in [1.29, 1.82) is 0 Å². The molecule has 3 aromatic rings. The van der Waals surface area contributed by atoms with Gasteiger partial charge in [-0.05, 0) is 30.3 Å². The van der Waals surface area contributed by atoms with E-state index in [0.29, 0.717) is 17.1 Å². The fourth-order valence-electron chi connectivity index (χ4n) is 2.44. The molecule has 0 radical (unpaired) electrons. The monoisotopic (exact) mass is 409 g/mol. The van der Waals surface area contributed by atoms with Crippen molar-refractivity contribution in [2.24, 2.45) is 0 Å². The Bertz CT molecular complexity index is 1070. The normalized spacial score (nSPS) is 11.9. The second-order valence-corrected chi connectivity index (χ2v) is 7.29. The molecule has 0 fully saturated rings. The third-order valence-electron chi connectivity index (χ3n) is 3.76. The van der Waals surface area contributed by atoms with Gasteiger partial charge in [-0.3, -0.25) is 4.72 Å². The van der Waals surface area contributed by atoms with Gasteiger partial charge in [-0.15, -0.1) is 10.2 Å². The molecule has 0 unspecified atom stereocenters. The molecule has 1 aromatic heterocycles. The predicted octanol–water partition coefficient (Wildman–Crippen LogP) is 3.97. The zero-order valence-corrected chi connectivity index (χ0v) is 15.3. The van der Waals surface area contributed by atoms with Crippen molar-refractivity contribution in [3.8, 4) is 17.1 Å². The van der Waals surface area contributed by atoms with Gasteiger partial charge in [0.1, 0.15) is 0 Å². The number of anilines is 1. The van der Waals surface area contributed by atoms with Gasteiger partial charge >= 0.3 is 6.18 Å². The van der Waals surface area contributed by atoms with Gasteiger partial charge in [0, 0.05) is 17.3 Å². The zero-order valence-electron chi connectivity index (χ0n) is 14.4. The first kappa shape index (κ1) is 19.6. The van der Waals surface area contributed by atoms with Crippen LogP contribution in [-0.2, 0) is 16.2 Å². The van der Waals surface area contributed by atoms with Crippen molar-refractivity contribution in [2.45, 2.75) is 11.1 Å². The molecule has 0 amide bonds. The summed E-state index contributed by atoms with van der Waals surface area (Å²) >= 11 is 0. The van der Waals surface area contributed by atoms with Crippen LogP contribution in [0.4, 0.5) is 18.9 Å². The molecule has 0 atom stereocenters. The first-order valence-corrected chi connectivity index (χ1v) is 9.36. The number of hydrogen-bond donors (Lipinski definition) is 1. The van der Waals surface area contributed by atoms with E-state index in [2.05, 4.69) is 14.9 Å². The van der Waals surface area contributed by atoms with Crippen LogP contribution in [0.25, 0.3) is 11.3 Å². The maximum atomic E-state index is 13.1. The van der Waals surface area contributed by atoms with Gasteiger partial charge in [-0.1, -0.05) is 24.3 Å². The molecule has 6 nitrogen and oxygen atoms in total. The number of sulfonamides is 1. The molecular weight excluding hydrogens is 395 g/mol. The van der Waals surface area contributed by atoms with Gasteiger partial charge in [0.25, 0.3) is 10.0 Å². The molecule has 0 spiro atoms. The van der Waals surface area contributed by atoms with E-state index in [1.807, 2.05) is 0 Å². The van der Waals surface area contributed by atoms with E-state index in [4.69, 9.17) is 4.74 Å². The van der Waals surface area contributed by atoms with Crippen LogP contribution in [-0.4, -0.2) is 25.7 Å². The Hall–Kier alpha value is -3.14. The van der Waals surface area contributed by atoms with Gasteiger partial charge < -0.3 is 4.74 Å². The van der Waals surface area contributed by atoms with Gasteiger partial charge in [-0.25, -0.2) is 8.42 Å². The summed E-state index contributed by atoms with van der Waals surface area (Å²) in [4.78, 5) is -0.840. The molecular formula is C18H14F3N3O3S. The second-order valence-electron chi connectivity index (χ2n) is 5.64. The van der Waals surface area contributed by atoms with Crippen LogP contribution < -0.4 is 9.46 Å². The van der Waals surface area contributed by atoms with Crippen LogP contribution in [0.5, 0.6) is 5.88 Å². The zero-order chi connectivity index (χ0) is 20.4. The Morgan fingerprint density at radius 2 is 1.61 bits per heavy atom. The lowest BCUT2D eigenvalue weighted by Gasteiger charge is -2.14. The molecule has 2 aromatic carbocycles. The fraction of sp³-hybridized carbons (Fsp3) is 0.111. The van der Waals surface area contributed by atoms with Crippen molar-refractivity contribution in [3.05, 3.63) is 66.2 Å². The van der Waals surface area contributed by atoms with Crippen LogP contribution >= 0.6 is 0 Å². The van der Waals surface area contributed by atoms with Crippen molar-refractivity contribution >= 4 is 15.7 Å². The molecule has 0 saturated carbocycles. The number of methoxy groups -OCH3 is 1. The average Bonchev–Trinajstić information content (AvgIpc) is 2.68. The minimum Gasteiger partial charge on any atom is -0.480 e. The van der Waals surface area contributed by atoms with E-state index in [0.717, 1.165) is 18.2 Å². The molecule has 1 heterocycles. The number of aromatic nitrogens is 2. The standard InChI is InChI=1S/C18H14F3N3O3S/c1-27-17-11-10-15(22-23-17)12-6-8-13(9-7-12)24-28(25,26)16-5-3-2-4-14(16)18(19,20)21/h2-11,24H,1H3. The van der Waals surface area contributed by atoms with Crippen LogP contribution in [0.1, 0.15) is 5.56 Å². The summed E-state index contributed by atoms with van der Waals surface area (Å²) in [6, 6.07) is 13.3. The van der Waals surface area contributed by atoms with E-state index in [1.165, 1.54) is 25.3 Å². The SMILES string of the molecule is COc1ccc(-c2ccc(NS(=O)(=O)c3ccccc3C(F)(F)F)cc2)nn1. The maximum absolute atomic E-state index is 13.1. The third kappa shape index (κ3) is 4.22. The van der Waals surface area contributed by atoms with Gasteiger partial charge in [0.15, 0.2) is 0 Å². The lowest BCUT2D eigenvalue weighted by molar-refractivity contribution is -0.139. The summed E-state index contributed by atoms with van der Waals surface area (Å²) in [7, 11) is -2.97. The number of rotatable bonds is 5. The lowest BCUT2D eigenvalue weighted by Crippen LogP contribution is -2.18. The number of benzene rings is 2. The first-order chi connectivity index (χ1) is 13.2. The third-order valence-corrected chi connectivity index (χ3v) is 5.20. The number of halogens is 3. The molecule has 28 heavy (non-hydrogen) atoms. The minimum atomic E-state index is -4.79. The first-order valence-electron chi connectivity index (χ1n) is 7.88. The number of nitrogens with zero attached hydrogens (tertiary/aromatic N) is 2. The van der Waals surface area contributed by atoms with Crippen LogP contribution in [0.15, 0.2) is 65.6 Å². The highest BCUT2D eigenvalue weighted by Crippen LogP contribution is 2.34. The molecule has 10 heteroatoms. The molecule has 0 bridgehead atoms. The highest BCUT2D eigenvalue weighted by atomic mass is 32.2. The molecule has 0 aliphatic heterocycles. The summed E-state index contributed by atoms with van der Waals surface area (Å²) in [6.07, 6.45) is -4.79. The quantitative estimate of drug-likeness (QED) is 0.690. The van der Waals surface area contributed by atoms with Crippen molar-refractivity contribution < 1.29 is 26.3 Å². The summed E-state index contributed by atoms with van der Waals surface area (Å²) in [5, 5.41) is 7.81. The van der Waals surface area contributed by atoms with Crippen LogP contribution in [0.2, 0.25) is 0 Å². The molecule has 0 aliphatic carbocycles. The van der Waals surface area contributed by atoms with E-state index >= 15 is 0 Å². The van der Waals surface area contributed by atoms with Crippen molar-refractivity contribution in [3.63, 3.8) is 0 Å². The van der Waals surface area contributed by atoms with E-state index in [1.54, 1.807) is 24.3 Å². The molecule has 146 valence electrons. The van der Waals surface area contributed by atoms with E-state index in [9.17, 15) is 21.6 Å². The molecule has 0 aliphatic rings. The second kappa shape index (κ2) is 7.47. The highest BCUT2D eigenvalue weighted by molar-refractivity contribution is 7.92.